The Hall–Kier alpha value is -0.120. The van der Waals surface area contributed by atoms with E-state index in [1.54, 1.807) is 0 Å². The Labute approximate surface area is 73.1 Å². The molecule has 0 bridgehead atoms. The predicted molar refractivity (Wildman–Crippen MR) is 45.5 cm³/mol. The van der Waals surface area contributed by atoms with Gasteiger partial charge < -0.3 is 5.11 Å². The first-order chi connectivity index (χ1) is 5.71. The summed E-state index contributed by atoms with van der Waals surface area (Å²) < 4.78 is 0. The fourth-order valence-corrected chi connectivity index (χ4v) is 2.25. The molecule has 1 saturated heterocycles. The van der Waals surface area contributed by atoms with Gasteiger partial charge >= 0.3 is 0 Å². The van der Waals surface area contributed by atoms with E-state index in [1.165, 1.54) is 0 Å². The highest BCUT2D eigenvalue weighted by molar-refractivity contribution is 4.94. The zero-order chi connectivity index (χ0) is 8.60. The van der Waals surface area contributed by atoms with E-state index < -0.39 is 5.60 Å². The normalized spacial score (nSPS) is 40.5. The minimum Gasteiger partial charge on any atom is -0.387 e. The van der Waals surface area contributed by atoms with Gasteiger partial charge in [0.1, 0.15) is 6.10 Å². The van der Waals surface area contributed by atoms with E-state index in [0.717, 1.165) is 32.1 Å². The summed E-state index contributed by atoms with van der Waals surface area (Å²) in [5, 5.41) is 10.1. The van der Waals surface area contributed by atoms with E-state index in [0.29, 0.717) is 6.04 Å². The molecular weight excluding hydrogens is 154 g/mol. The first kappa shape index (κ1) is 8.48. The summed E-state index contributed by atoms with van der Waals surface area (Å²) >= 11 is 0. The molecule has 1 aliphatic heterocycles. The molecule has 1 heterocycles. The van der Waals surface area contributed by atoms with Gasteiger partial charge in [-0.05, 0) is 26.2 Å². The Kier molecular flexibility index (Phi) is 2.10. The molecule has 1 saturated carbocycles. The van der Waals surface area contributed by atoms with Crippen molar-refractivity contribution in [1.82, 2.24) is 5.48 Å². The largest absolute Gasteiger partial charge is 0.387 e. The molecular formula is C9H17NO2. The maximum atomic E-state index is 10.1. The Morgan fingerprint density at radius 1 is 1.42 bits per heavy atom. The van der Waals surface area contributed by atoms with Gasteiger partial charge in [0.05, 0.1) is 5.60 Å². The second kappa shape index (κ2) is 2.98. The summed E-state index contributed by atoms with van der Waals surface area (Å²) in [6.45, 7) is 2.08. The van der Waals surface area contributed by atoms with E-state index in [1.807, 2.05) is 0 Å². The van der Waals surface area contributed by atoms with Crippen molar-refractivity contribution in [3.63, 3.8) is 0 Å². The predicted octanol–water partition coefficient (Wildman–Crippen LogP) is 0.973. The Balaban J connectivity index is 1.99. The lowest BCUT2D eigenvalue weighted by atomic mass is 9.91. The summed E-state index contributed by atoms with van der Waals surface area (Å²) in [5.41, 5.74) is 2.38. The number of hydroxylamine groups is 1. The maximum Gasteiger partial charge on any atom is 0.109 e. The first-order valence-corrected chi connectivity index (χ1v) is 4.84. The van der Waals surface area contributed by atoms with Crippen molar-refractivity contribution in [2.24, 2.45) is 0 Å². The number of hydrogen-bond donors (Lipinski definition) is 2. The van der Waals surface area contributed by atoms with Gasteiger partial charge in [0.25, 0.3) is 0 Å². The van der Waals surface area contributed by atoms with Crippen molar-refractivity contribution in [2.45, 2.75) is 56.8 Å². The standard InChI is InChI=1S/C9H17NO2/c1-7-6-8(12-10-7)9(11)4-2-3-5-9/h7-8,10-11H,2-6H2,1H3. The van der Waals surface area contributed by atoms with Crippen LogP contribution in [-0.2, 0) is 4.84 Å². The summed E-state index contributed by atoms with van der Waals surface area (Å²) in [6, 6.07) is 0.389. The van der Waals surface area contributed by atoms with Gasteiger partial charge in [0, 0.05) is 6.04 Å². The quantitative estimate of drug-likeness (QED) is 0.617. The fourth-order valence-electron chi connectivity index (χ4n) is 2.25. The molecule has 12 heavy (non-hydrogen) atoms. The zero-order valence-corrected chi connectivity index (χ0v) is 7.55. The Bertz CT molecular complexity index is 166. The van der Waals surface area contributed by atoms with Crippen LogP contribution < -0.4 is 5.48 Å². The highest BCUT2D eigenvalue weighted by atomic mass is 16.7. The third-order valence-corrected chi connectivity index (χ3v) is 3.05. The van der Waals surface area contributed by atoms with Gasteiger partial charge in [-0.15, -0.1) is 0 Å². The Morgan fingerprint density at radius 2 is 2.08 bits per heavy atom. The van der Waals surface area contributed by atoms with Crippen LogP contribution in [0.3, 0.4) is 0 Å². The van der Waals surface area contributed by atoms with Crippen molar-refractivity contribution in [2.75, 3.05) is 0 Å². The molecule has 0 amide bonds. The monoisotopic (exact) mass is 171 g/mol. The smallest absolute Gasteiger partial charge is 0.109 e. The first-order valence-electron chi connectivity index (χ1n) is 4.84. The molecule has 3 heteroatoms. The SMILES string of the molecule is CC1CC(C2(O)CCCC2)ON1. The molecule has 2 atom stereocenters. The van der Waals surface area contributed by atoms with Crippen molar-refractivity contribution in [3.8, 4) is 0 Å². The molecule has 2 fully saturated rings. The second-order valence-electron chi connectivity index (χ2n) is 4.17. The average molecular weight is 171 g/mol. The van der Waals surface area contributed by atoms with E-state index in [2.05, 4.69) is 12.4 Å². The molecule has 0 spiro atoms. The van der Waals surface area contributed by atoms with Crippen LogP contribution in [0.2, 0.25) is 0 Å². The average Bonchev–Trinajstić information content (AvgIpc) is 2.59. The summed E-state index contributed by atoms with van der Waals surface area (Å²) in [6.07, 6.45) is 5.07. The molecule has 1 aliphatic carbocycles. The van der Waals surface area contributed by atoms with Gasteiger partial charge in [-0.25, -0.2) is 0 Å². The number of hydrogen-bond acceptors (Lipinski definition) is 3. The third-order valence-electron chi connectivity index (χ3n) is 3.05. The Morgan fingerprint density at radius 3 is 2.58 bits per heavy atom. The lowest BCUT2D eigenvalue weighted by Gasteiger charge is -2.27. The van der Waals surface area contributed by atoms with E-state index in [-0.39, 0.29) is 6.10 Å². The topological polar surface area (TPSA) is 41.5 Å². The number of rotatable bonds is 1. The van der Waals surface area contributed by atoms with Crippen molar-refractivity contribution < 1.29 is 9.94 Å². The minimum atomic E-state index is -0.530. The summed E-state index contributed by atoms with van der Waals surface area (Å²) in [4.78, 5) is 5.35. The van der Waals surface area contributed by atoms with Crippen LogP contribution in [0.15, 0.2) is 0 Å². The van der Waals surface area contributed by atoms with Crippen molar-refractivity contribution >= 4 is 0 Å². The van der Waals surface area contributed by atoms with Crippen molar-refractivity contribution in [1.29, 1.82) is 0 Å². The summed E-state index contributed by atoms with van der Waals surface area (Å²) in [7, 11) is 0. The molecule has 70 valence electrons. The molecule has 0 aromatic carbocycles. The van der Waals surface area contributed by atoms with Crippen LogP contribution >= 0.6 is 0 Å². The second-order valence-corrected chi connectivity index (χ2v) is 4.17. The van der Waals surface area contributed by atoms with Crippen molar-refractivity contribution in [3.05, 3.63) is 0 Å². The molecule has 0 radical (unpaired) electrons. The maximum absolute atomic E-state index is 10.1. The third kappa shape index (κ3) is 1.37. The molecule has 2 rings (SSSR count). The van der Waals surface area contributed by atoms with Gasteiger partial charge in [0.15, 0.2) is 0 Å². The highest BCUT2D eigenvalue weighted by Crippen LogP contribution is 2.36. The van der Waals surface area contributed by atoms with Crippen LogP contribution in [0, 0.1) is 0 Å². The lowest BCUT2D eigenvalue weighted by molar-refractivity contribution is -0.107. The van der Waals surface area contributed by atoms with E-state index >= 15 is 0 Å². The molecule has 2 unspecified atom stereocenters. The van der Waals surface area contributed by atoms with Gasteiger partial charge in [0.2, 0.25) is 0 Å². The number of nitrogens with one attached hydrogen (secondary N) is 1. The zero-order valence-electron chi connectivity index (χ0n) is 7.55. The van der Waals surface area contributed by atoms with Crippen LogP contribution in [0.4, 0.5) is 0 Å². The van der Waals surface area contributed by atoms with Crippen LogP contribution in [0.25, 0.3) is 0 Å². The minimum absolute atomic E-state index is 0.0231. The van der Waals surface area contributed by atoms with Gasteiger partial charge in [-0.1, -0.05) is 12.8 Å². The summed E-state index contributed by atoms with van der Waals surface area (Å²) in [5.74, 6) is 0. The molecule has 2 N–H and O–H groups in total. The highest BCUT2D eigenvalue weighted by Gasteiger charge is 2.43. The van der Waals surface area contributed by atoms with E-state index in [4.69, 9.17) is 4.84 Å². The van der Waals surface area contributed by atoms with E-state index in [9.17, 15) is 5.11 Å². The van der Waals surface area contributed by atoms with Gasteiger partial charge in [-0.3, -0.25) is 4.84 Å². The van der Waals surface area contributed by atoms with Crippen LogP contribution in [0.1, 0.15) is 39.0 Å². The molecule has 0 aromatic rings. The van der Waals surface area contributed by atoms with Gasteiger partial charge in [-0.2, -0.15) is 5.48 Å². The number of aliphatic hydroxyl groups is 1. The fraction of sp³-hybridized carbons (Fsp3) is 1.00. The molecule has 0 aromatic heterocycles. The lowest BCUT2D eigenvalue weighted by Crippen LogP contribution is -2.39. The van der Waals surface area contributed by atoms with Crippen LogP contribution in [-0.4, -0.2) is 22.9 Å². The van der Waals surface area contributed by atoms with Crippen LogP contribution in [0.5, 0.6) is 0 Å². The molecule has 3 nitrogen and oxygen atoms in total. The molecule has 2 aliphatic rings.